The Bertz CT molecular complexity index is 379. The van der Waals surface area contributed by atoms with Crippen LogP contribution >= 0.6 is 0 Å². The van der Waals surface area contributed by atoms with Gasteiger partial charge in [0.1, 0.15) is 0 Å². The number of rotatable bonds is 5. The van der Waals surface area contributed by atoms with Gasteiger partial charge in [-0.2, -0.15) is 0 Å². The van der Waals surface area contributed by atoms with Crippen molar-refractivity contribution in [1.82, 2.24) is 10.3 Å². The van der Waals surface area contributed by atoms with E-state index in [1.807, 2.05) is 26.8 Å². The molecule has 94 valence electrons. The highest BCUT2D eigenvalue weighted by molar-refractivity contribution is 5.81. The molecular formula is C13H21N3O. The van der Waals surface area contributed by atoms with Gasteiger partial charge in [-0.1, -0.05) is 20.3 Å². The van der Waals surface area contributed by atoms with Crippen molar-refractivity contribution < 1.29 is 4.79 Å². The number of hydrogen-bond acceptors (Lipinski definition) is 3. The van der Waals surface area contributed by atoms with Crippen LogP contribution < -0.4 is 11.1 Å². The minimum absolute atomic E-state index is 0.0948. The second kappa shape index (κ2) is 6.35. The van der Waals surface area contributed by atoms with E-state index in [4.69, 9.17) is 5.73 Å². The number of carbonyl (C=O) groups is 1. The number of nitrogens with one attached hydrogen (secondary N) is 1. The smallest absolute Gasteiger partial charge is 0.237 e. The molecule has 1 amide bonds. The highest BCUT2D eigenvalue weighted by Gasteiger charge is 2.18. The normalized spacial score (nSPS) is 14.1. The van der Waals surface area contributed by atoms with E-state index in [0.29, 0.717) is 6.54 Å². The van der Waals surface area contributed by atoms with Crippen molar-refractivity contribution in [2.75, 3.05) is 0 Å². The molecule has 0 aliphatic carbocycles. The van der Waals surface area contributed by atoms with Gasteiger partial charge in [0.2, 0.25) is 5.91 Å². The topological polar surface area (TPSA) is 68.0 Å². The molecule has 0 saturated carbocycles. The molecule has 1 aromatic rings. The van der Waals surface area contributed by atoms with Gasteiger partial charge in [-0.3, -0.25) is 9.78 Å². The Balaban J connectivity index is 2.51. The first kappa shape index (κ1) is 13.6. The molecule has 4 heteroatoms. The molecule has 2 unspecified atom stereocenters. The molecule has 0 saturated heterocycles. The maximum atomic E-state index is 11.8. The van der Waals surface area contributed by atoms with E-state index >= 15 is 0 Å². The Morgan fingerprint density at radius 2 is 2.29 bits per heavy atom. The van der Waals surface area contributed by atoms with Crippen LogP contribution in [-0.4, -0.2) is 16.9 Å². The van der Waals surface area contributed by atoms with Crippen molar-refractivity contribution in [3.05, 3.63) is 29.6 Å². The van der Waals surface area contributed by atoms with Crippen LogP contribution in [-0.2, 0) is 11.3 Å². The van der Waals surface area contributed by atoms with Gasteiger partial charge >= 0.3 is 0 Å². The lowest BCUT2D eigenvalue weighted by Gasteiger charge is -2.18. The van der Waals surface area contributed by atoms with Gasteiger partial charge < -0.3 is 11.1 Å². The van der Waals surface area contributed by atoms with Crippen molar-refractivity contribution in [3.63, 3.8) is 0 Å². The molecule has 1 heterocycles. The zero-order valence-corrected chi connectivity index (χ0v) is 10.7. The van der Waals surface area contributed by atoms with E-state index in [9.17, 15) is 4.79 Å². The molecule has 3 N–H and O–H groups in total. The van der Waals surface area contributed by atoms with Gasteiger partial charge in [-0.05, 0) is 30.0 Å². The van der Waals surface area contributed by atoms with Crippen molar-refractivity contribution >= 4 is 5.91 Å². The first-order valence-electron chi connectivity index (χ1n) is 5.99. The first-order valence-corrected chi connectivity index (χ1v) is 5.99. The summed E-state index contributed by atoms with van der Waals surface area (Å²) >= 11 is 0. The van der Waals surface area contributed by atoms with Gasteiger partial charge in [0.15, 0.2) is 0 Å². The second-order valence-corrected chi connectivity index (χ2v) is 4.43. The molecule has 0 aliphatic rings. The molecule has 0 fully saturated rings. The van der Waals surface area contributed by atoms with E-state index < -0.39 is 6.04 Å². The fourth-order valence-corrected chi connectivity index (χ4v) is 1.49. The zero-order chi connectivity index (χ0) is 12.8. The number of aromatic nitrogens is 1. The lowest BCUT2D eigenvalue weighted by Crippen LogP contribution is -2.44. The summed E-state index contributed by atoms with van der Waals surface area (Å²) in [5.41, 5.74) is 7.99. The van der Waals surface area contributed by atoms with Crippen LogP contribution in [0.3, 0.4) is 0 Å². The van der Waals surface area contributed by atoms with Gasteiger partial charge in [0, 0.05) is 18.9 Å². The van der Waals surface area contributed by atoms with Gasteiger partial charge in [0.05, 0.1) is 6.04 Å². The number of nitrogens with zero attached hydrogens (tertiary/aromatic N) is 1. The predicted octanol–water partition coefficient (Wildman–Crippen LogP) is 1.38. The Labute approximate surface area is 103 Å². The Morgan fingerprint density at radius 3 is 2.88 bits per heavy atom. The van der Waals surface area contributed by atoms with Crippen LogP contribution in [0.5, 0.6) is 0 Å². The Kier molecular flexibility index (Phi) is 5.10. The lowest BCUT2D eigenvalue weighted by molar-refractivity contribution is -0.123. The maximum absolute atomic E-state index is 11.8. The monoisotopic (exact) mass is 235 g/mol. The van der Waals surface area contributed by atoms with Crippen LogP contribution in [0.4, 0.5) is 0 Å². The van der Waals surface area contributed by atoms with Crippen LogP contribution in [0.25, 0.3) is 0 Å². The average molecular weight is 235 g/mol. The number of nitrogens with two attached hydrogens (primary N) is 1. The molecule has 4 nitrogen and oxygen atoms in total. The summed E-state index contributed by atoms with van der Waals surface area (Å²) in [5, 5.41) is 2.85. The SMILES string of the molecule is CCC(C)C(N)C(=O)NCc1cnccc1C. The molecule has 1 rings (SSSR count). The van der Waals surface area contributed by atoms with Crippen LogP contribution in [0.2, 0.25) is 0 Å². The van der Waals surface area contributed by atoms with Gasteiger partial charge in [-0.25, -0.2) is 0 Å². The summed E-state index contributed by atoms with van der Waals surface area (Å²) in [5.74, 6) is 0.104. The first-order chi connectivity index (χ1) is 8.06. The van der Waals surface area contributed by atoms with E-state index in [-0.39, 0.29) is 11.8 Å². The number of aryl methyl sites for hydroxylation is 1. The van der Waals surface area contributed by atoms with Crippen molar-refractivity contribution in [1.29, 1.82) is 0 Å². The lowest BCUT2D eigenvalue weighted by atomic mass is 9.99. The zero-order valence-electron chi connectivity index (χ0n) is 10.7. The molecule has 0 radical (unpaired) electrons. The van der Waals surface area contributed by atoms with Crippen molar-refractivity contribution in [2.24, 2.45) is 11.7 Å². The fourth-order valence-electron chi connectivity index (χ4n) is 1.49. The second-order valence-electron chi connectivity index (χ2n) is 4.43. The third-order valence-corrected chi connectivity index (χ3v) is 3.16. The molecule has 1 aromatic heterocycles. The third-order valence-electron chi connectivity index (χ3n) is 3.16. The van der Waals surface area contributed by atoms with Gasteiger partial charge in [-0.15, -0.1) is 0 Å². The Hall–Kier alpha value is -1.42. The molecule has 17 heavy (non-hydrogen) atoms. The average Bonchev–Trinajstić information content (AvgIpc) is 2.35. The summed E-state index contributed by atoms with van der Waals surface area (Å²) < 4.78 is 0. The highest BCUT2D eigenvalue weighted by Crippen LogP contribution is 2.07. The van der Waals surface area contributed by atoms with Crippen molar-refractivity contribution in [2.45, 2.75) is 39.8 Å². The summed E-state index contributed by atoms with van der Waals surface area (Å²) in [6.07, 6.45) is 4.41. The number of carbonyl (C=O) groups excluding carboxylic acids is 1. The molecule has 0 bridgehead atoms. The standard InChI is InChI=1S/C13H21N3O/c1-4-9(2)12(14)13(17)16-8-11-7-15-6-5-10(11)3/h5-7,9,12H,4,8,14H2,1-3H3,(H,16,17). The number of hydrogen-bond donors (Lipinski definition) is 2. The van der Waals surface area contributed by atoms with E-state index in [0.717, 1.165) is 17.5 Å². The van der Waals surface area contributed by atoms with E-state index in [1.54, 1.807) is 12.4 Å². The molecular weight excluding hydrogens is 214 g/mol. The minimum atomic E-state index is -0.433. The maximum Gasteiger partial charge on any atom is 0.237 e. The van der Waals surface area contributed by atoms with Crippen LogP contribution in [0.1, 0.15) is 31.4 Å². The summed E-state index contributed by atoms with van der Waals surface area (Å²) in [7, 11) is 0. The quantitative estimate of drug-likeness (QED) is 0.810. The van der Waals surface area contributed by atoms with E-state index in [2.05, 4.69) is 10.3 Å². The molecule has 0 spiro atoms. The fraction of sp³-hybridized carbons (Fsp3) is 0.538. The predicted molar refractivity (Wildman–Crippen MR) is 68.3 cm³/mol. The molecule has 2 atom stereocenters. The largest absolute Gasteiger partial charge is 0.351 e. The third kappa shape index (κ3) is 3.82. The van der Waals surface area contributed by atoms with Crippen LogP contribution in [0.15, 0.2) is 18.5 Å². The number of amides is 1. The van der Waals surface area contributed by atoms with Crippen LogP contribution in [0, 0.1) is 12.8 Å². The summed E-state index contributed by atoms with van der Waals surface area (Å²) in [6.45, 7) is 6.50. The molecule has 0 aromatic carbocycles. The summed E-state index contributed by atoms with van der Waals surface area (Å²) in [6, 6.07) is 1.49. The van der Waals surface area contributed by atoms with E-state index in [1.165, 1.54) is 0 Å². The minimum Gasteiger partial charge on any atom is -0.351 e. The molecule has 0 aliphatic heterocycles. The Morgan fingerprint density at radius 1 is 1.59 bits per heavy atom. The highest BCUT2D eigenvalue weighted by atomic mass is 16.2. The van der Waals surface area contributed by atoms with Gasteiger partial charge in [0.25, 0.3) is 0 Å². The van der Waals surface area contributed by atoms with Crippen molar-refractivity contribution in [3.8, 4) is 0 Å². The summed E-state index contributed by atoms with van der Waals surface area (Å²) in [4.78, 5) is 15.8. The number of pyridine rings is 1.